The number of nitrogens with zero attached hydrogens (tertiary/aromatic N) is 9. The second-order valence-electron chi connectivity index (χ2n) is 12.8. The van der Waals surface area contributed by atoms with Crippen molar-refractivity contribution >= 4 is 39.9 Å². The number of fused-ring (bicyclic) bond motifs is 2. The van der Waals surface area contributed by atoms with E-state index in [4.69, 9.17) is 64.4 Å². The van der Waals surface area contributed by atoms with Gasteiger partial charge in [-0.15, -0.1) is 0 Å². The highest BCUT2D eigenvalue weighted by Crippen LogP contribution is 2.33. The number of hydrogen-bond acceptors (Lipinski definition) is 17. The highest BCUT2D eigenvalue weighted by atomic mass is 16.6. The van der Waals surface area contributed by atoms with Crippen LogP contribution < -0.4 is 11.5 Å². The number of carbonyl (C=O) groups is 1. The molecule has 21 nitrogen and oxygen atoms in total. The van der Waals surface area contributed by atoms with Crippen LogP contribution in [0.25, 0.3) is 43.8 Å². The minimum atomic E-state index is 0.0604. The Kier molecular flexibility index (Phi) is 18.9. The molecule has 4 heterocycles. The molecular weight excluding hydrogens is 746 g/mol. The van der Waals surface area contributed by atoms with E-state index in [1.54, 1.807) is 6.07 Å². The van der Waals surface area contributed by atoms with Crippen molar-refractivity contribution in [3.63, 3.8) is 0 Å². The molecule has 1 aliphatic rings. The van der Waals surface area contributed by atoms with E-state index < -0.39 is 0 Å². The molecule has 1 saturated heterocycles. The first kappa shape index (κ1) is 43.4. The van der Waals surface area contributed by atoms with E-state index in [9.17, 15) is 4.79 Å². The van der Waals surface area contributed by atoms with Crippen molar-refractivity contribution in [2.75, 3.05) is 137 Å². The standard InChI is InChI=1S/C36H53N11O10/c37-34-32-33(28-1-2-30-29(23-28)43-36(38)57-30)44-47(35(32)41-26-40-34)25-27-3-6-46(24-27)31(48)4-7-49-9-11-51-13-15-53-17-19-55-21-22-56-20-18-54-16-14-52-12-10-50-8-5-42-45-39/h1-2,23,26-27H,3-22,24-25H2,(H2,38,43)(H2,37,40,41). The van der Waals surface area contributed by atoms with Crippen molar-refractivity contribution in [2.45, 2.75) is 19.4 Å². The van der Waals surface area contributed by atoms with Gasteiger partial charge in [-0.05, 0) is 36.1 Å². The summed E-state index contributed by atoms with van der Waals surface area (Å²) < 4.78 is 51.0. The smallest absolute Gasteiger partial charge is 0.292 e. The van der Waals surface area contributed by atoms with Gasteiger partial charge in [0.25, 0.3) is 6.01 Å². The van der Waals surface area contributed by atoms with Crippen LogP contribution in [0.15, 0.2) is 34.1 Å². The molecule has 0 saturated carbocycles. The fourth-order valence-electron chi connectivity index (χ4n) is 6.01. The van der Waals surface area contributed by atoms with Crippen molar-refractivity contribution in [3.8, 4) is 11.3 Å². The fourth-order valence-corrected chi connectivity index (χ4v) is 6.01. The van der Waals surface area contributed by atoms with E-state index in [-0.39, 0.29) is 17.8 Å². The number of carbonyl (C=O) groups excluding carboxylic acids is 1. The summed E-state index contributed by atoms with van der Waals surface area (Å²) in [6, 6.07) is 5.62. The first-order chi connectivity index (χ1) is 28.0. The number of benzene rings is 1. The molecule has 1 amide bonds. The van der Waals surface area contributed by atoms with Gasteiger partial charge in [-0.25, -0.2) is 14.6 Å². The minimum Gasteiger partial charge on any atom is -0.424 e. The largest absolute Gasteiger partial charge is 0.424 e. The van der Waals surface area contributed by atoms with Gasteiger partial charge in [-0.2, -0.15) is 10.1 Å². The topological polar surface area (TPSA) is 265 Å². The first-order valence-electron chi connectivity index (χ1n) is 19.1. The number of amides is 1. The Bertz CT molecular complexity index is 1840. The molecular formula is C36H53N11O10. The van der Waals surface area contributed by atoms with Gasteiger partial charge in [0.15, 0.2) is 11.2 Å². The Morgan fingerprint density at radius 1 is 0.825 bits per heavy atom. The zero-order chi connectivity index (χ0) is 39.9. The molecule has 0 radical (unpaired) electrons. The summed E-state index contributed by atoms with van der Waals surface area (Å²) in [7, 11) is 0. The third-order valence-corrected chi connectivity index (χ3v) is 8.77. The maximum atomic E-state index is 12.9. The molecule has 1 atom stereocenters. The van der Waals surface area contributed by atoms with Crippen LogP contribution in [0.1, 0.15) is 12.8 Å². The van der Waals surface area contributed by atoms with Gasteiger partial charge in [0.05, 0.1) is 118 Å². The van der Waals surface area contributed by atoms with Gasteiger partial charge in [0.1, 0.15) is 23.4 Å². The molecule has 1 aromatic carbocycles. The zero-order valence-corrected chi connectivity index (χ0v) is 32.2. The van der Waals surface area contributed by atoms with Gasteiger partial charge in [0, 0.05) is 36.7 Å². The highest BCUT2D eigenvalue weighted by molar-refractivity contribution is 5.99. The van der Waals surface area contributed by atoms with Crippen LogP contribution in [-0.2, 0) is 49.2 Å². The molecule has 0 spiro atoms. The lowest BCUT2D eigenvalue weighted by atomic mass is 10.1. The zero-order valence-electron chi connectivity index (χ0n) is 32.2. The number of ether oxygens (including phenoxy) is 8. The number of azide groups is 1. The average molecular weight is 800 g/mol. The van der Waals surface area contributed by atoms with Gasteiger partial charge >= 0.3 is 0 Å². The summed E-state index contributed by atoms with van der Waals surface area (Å²) in [5, 5.41) is 8.93. The predicted molar refractivity (Wildman–Crippen MR) is 207 cm³/mol. The van der Waals surface area contributed by atoms with Crippen molar-refractivity contribution in [1.82, 2.24) is 29.6 Å². The van der Waals surface area contributed by atoms with E-state index in [0.29, 0.717) is 172 Å². The monoisotopic (exact) mass is 799 g/mol. The van der Waals surface area contributed by atoms with Gasteiger partial charge < -0.3 is 58.7 Å². The van der Waals surface area contributed by atoms with Gasteiger partial charge in [-0.3, -0.25) is 4.79 Å². The van der Waals surface area contributed by atoms with Gasteiger partial charge in [0.2, 0.25) is 5.91 Å². The molecule has 57 heavy (non-hydrogen) atoms. The Labute approximate surface area is 329 Å². The van der Waals surface area contributed by atoms with Crippen molar-refractivity contribution < 1.29 is 47.1 Å². The quantitative estimate of drug-likeness (QED) is 0.0332. The fraction of sp³-hybridized carbons (Fsp3) is 0.639. The number of nitrogen functional groups attached to an aromatic ring is 2. The highest BCUT2D eigenvalue weighted by Gasteiger charge is 2.28. The molecule has 5 rings (SSSR count). The molecule has 0 aliphatic carbocycles. The molecule has 1 unspecified atom stereocenters. The van der Waals surface area contributed by atoms with Crippen LogP contribution in [0, 0.1) is 5.92 Å². The van der Waals surface area contributed by atoms with E-state index in [2.05, 4.69) is 25.0 Å². The van der Waals surface area contributed by atoms with Crippen molar-refractivity contribution in [3.05, 3.63) is 35.0 Å². The number of anilines is 2. The van der Waals surface area contributed by atoms with E-state index in [1.807, 2.05) is 21.7 Å². The number of aromatic nitrogens is 5. The Morgan fingerprint density at radius 3 is 2.00 bits per heavy atom. The normalized spacial score (nSPS) is 14.2. The molecule has 3 aromatic heterocycles. The maximum Gasteiger partial charge on any atom is 0.292 e. The number of rotatable bonds is 30. The molecule has 4 aromatic rings. The third kappa shape index (κ3) is 14.6. The molecule has 312 valence electrons. The van der Waals surface area contributed by atoms with Crippen LogP contribution in [0.3, 0.4) is 0 Å². The predicted octanol–water partition coefficient (Wildman–Crippen LogP) is 2.48. The summed E-state index contributed by atoms with van der Waals surface area (Å²) in [5.74, 6) is 0.597. The first-order valence-corrected chi connectivity index (χ1v) is 19.1. The lowest BCUT2D eigenvalue weighted by molar-refractivity contribution is -0.131. The minimum absolute atomic E-state index is 0.0604. The number of oxazole rings is 1. The lowest BCUT2D eigenvalue weighted by Gasteiger charge is -2.17. The second kappa shape index (κ2) is 24.8. The average Bonchev–Trinajstić information content (AvgIpc) is 3.94. The molecule has 21 heteroatoms. The number of likely N-dealkylation sites (tertiary alicyclic amines) is 1. The molecule has 0 bridgehead atoms. The summed E-state index contributed by atoms with van der Waals surface area (Å²) in [5.41, 5.74) is 23.5. The lowest BCUT2D eigenvalue weighted by Crippen LogP contribution is -2.30. The van der Waals surface area contributed by atoms with E-state index >= 15 is 0 Å². The Hall–Kier alpha value is -4.70. The van der Waals surface area contributed by atoms with Crippen LogP contribution in [0.5, 0.6) is 0 Å². The van der Waals surface area contributed by atoms with Crippen molar-refractivity contribution in [1.29, 1.82) is 0 Å². The Balaban J connectivity index is 0.825. The maximum absolute atomic E-state index is 12.9. The van der Waals surface area contributed by atoms with Crippen LogP contribution in [0.2, 0.25) is 0 Å². The molecule has 1 aliphatic heterocycles. The van der Waals surface area contributed by atoms with Crippen molar-refractivity contribution in [2.24, 2.45) is 11.0 Å². The summed E-state index contributed by atoms with van der Waals surface area (Å²) >= 11 is 0. The summed E-state index contributed by atoms with van der Waals surface area (Å²) in [6.45, 7) is 9.26. The summed E-state index contributed by atoms with van der Waals surface area (Å²) in [6.07, 6.45) is 2.59. The molecule has 1 fully saturated rings. The van der Waals surface area contributed by atoms with E-state index in [0.717, 1.165) is 12.0 Å². The number of hydrogen-bond donors (Lipinski definition) is 2. The molecule has 4 N–H and O–H groups in total. The third-order valence-electron chi connectivity index (χ3n) is 8.77. The van der Waals surface area contributed by atoms with E-state index in [1.165, 1.54) is 6.33 Å². The number of nitrogens with two attached hydrogens (primary N) is 2. The van der Waals surface area contributed by atoms with Crippen LogP contribution in [0.4, 0.5) is 11.8 Å². The summed E-state index contributed by atoms with van der Waals surface area (Å²) in [4.78, 5) is 30.4. The Morgan fingerprint density at radius 2 is 1.40 bits per heavy atom. The van der Waals surface area contributed by atoms with Gasteiger partial charge in [-0.1, -0.05) is 5.11 Å². The second-order valence-corrected chi connectivity index (χ2v) is 12.8. The SMILES string of the molecule is [N-]=[N+]=NCCOCCOCCOCCOCCOCCOCCOCCOCCC(=O)N1CCC(Cn2nc(-c3ccc4oc(N)nc4c3)c3c(N)ncnc32)C1. The van der Waals surface area contributed by atoms with Crippen LogP contribution in [-0.4, -0.2) is 161 Å². The van der Waals surface area contributed by atoms with Crippen LogP contribution >= 0.6 is 0 Å².